The molecule has 0 aliphatic carbocycles. The second-order valence-corrected chi connectivity index (χ2v) is 13.3. The van der Waals surface area contributed by atoms with Gasteiger partial charge in [0.1, 0.15) is 6.04 Å². The molecule has 3 aromatic carbocycles. The van der Waals surface area contributed by atoms with E-state index in [2.05, 4.69) is 5.32 Å². The SMILES string of the molecule is CCc1ccc(N(CCCC(=O)N(Cc2c(Cl)cccc2Cl)[C@H](Cc2ccccc2)C(=O)NC(C)C)S(C)(=O)=O)cc1. The van der Waals surface area contributed by atoms with Gasteiger partial charge in [0.05, 0.1) is 11.9 Å². The Kier molecular flexibility index (Phi) is 12.3. The monoisotopic (exact) mass is 631 g/mol. The molecule has 0 spiro atoms. The Hall–Kier alpha value is -3.07. The van der Waals surface area contributed by atoms with Crippen LogP contribution in [0.5, 0.6) is 0 Å². The number of hydrogen-bond acceptors (Lipinski definition) is 4. The Balaban J connectivity index is 1.91. The van der Waals surface area contributed by atoms with E-state index in [1.807, 2.05) is 63.2 Å². The van der Waals surface area contributed by atoms with Gasteiger partial charge in [-0.2, -0.15) is 0 Å². The summed E-state index contributed by atoms with van der Waals surface area (Å²) in [5.74, 6) is -0.597. The predicted octanol–water partition coefficient (Wildman–Crippen LogP) is 6.27. The maximum absolute atomic E-state index is 13.9. The molecule has 3 aromatic rings. The summed E-state index contributed by atoms with van der Waals surface area (Å²) in [4.78, 5) is 29.0. The van der Waals surface area contributed by atoms with Gasteiger partial charge in [0.25, 0.3) is 0 Å². The molecule has 0 radical (unpaired) electrons. The lowest BCUT2D eigenvalue weighted by Crippen LogP contribution is -2.52. The van der Waals surface area contributed by atoms with E-state index in [0.29, 0.717) is 21.3 Å². The van der Waals surface area contributed by atoms with Gasteiger partial charge in [-0.1, -0.05) is 78.7 Å². The fourth-order valence-electron chi connectivity index (χ4n) is 4.69. The number of rotatable bonds is 14. The summed E-state index contributed by atoms with van der Waals surface area (Å²) in [7, 11) is -3.59. The van der Waals surface area contributed by atoms with Gasteiger partial charge in [-0.05, 0) is 62.1 Å². The number of nitrogens with one attached hydrogen (secondary N) is 1. The van der Waals surface area contributed by atoms with Gasteiger partial charge < -0.3 is 10.2 Å². The minimum Gasteiger partial charge on any atom is -0.352 e. The van der Waals surface area contributed by atoms with E-state index in [4.69, 9.17) is 23.2 Å². The van der Waals surface area contributed by atoms with Crippen LogP contribution in [0.4, 0.5) is 5.69 Å². The third-order valence-corrected chi connectivity index (χ3v) is 8.78. The molecule has 0 aliphatic rings. The van der Waals surface area contributed by atoms with Crippen molar-refractivity contribution in [3.05, 3.63) is 99.5 Å². The molecule has 1 N–H and O–H groups in total. The normalized spacial score (nSPS) is 12.2. The van der Waals surface area contributed by atoms with Gasteiger partial charge in [-0.15, -0.1) is 0 Å². The standard InChI is InChI=1S/C32H39Cl2N3O4S/c1-5-24-16-18-26(19-17-24)37(42(4,40)41)20-10-15-31(38)36(22-27-28(33)13-9-14-29(27)34)30(32(39)35-23(2)3)21-25-11-7-6-8-12-25/h6-9,11-14,16-19,23,30H,5,10,15,20-22H2,1-4H3,(H,35,39)/t30-/m1/s1. The Morgan fingerprint density at radius 3 is 2.05 bits per heavy atom. The number of halogens is 2. The molecule has 0 bridgehead atoms. The third-order valence-electron chi connectivity index (χ3n) is 6.88. The highest BCUT2D eigenvalue weighted by atomic mass is 35.5. The highest BCUT2D eigenvalue weighted by molar-refractivity contribution is 7.92. The number of aryl methyl sites for hydroxylation is 1. The molecule has 0 aromatic heterocycles. The van der Waals surface area contributed by atoms with Crippen LogP contribution in [0.1, 0.15) is 50.3 Å². The van der Waals surface area contributed by atoms with E-state index >= 15 is 0 Å². The molecular weight excluding hydrogens is 593 g/mol. The van der Waals surface area contributed by atoms with E-state index in [-0.39, 0.29) is 50.2 Å². The topological polar surface area (TPSA) is 86.8 Å². The Labute approximate surface area is 259 Å². The lowest BCUT2D eigenvalue weighted by Gasteiger charge is -2.33. The van der Waals surface area contributed by atoms with Crippen LogP contribution in [-0.2, 0) is 39.0 Å². The van der Waals surface area contributed by atoms with Crippen molar-refractivity contribution < 1.29 is 18.0 Å². The first-order chi connectivity index (χ1) is 19.9. The first kappa shape index (κ1) is 33.4. The molecule has 0 heterocycles. The second kappa shape index (κ2) is 15.4. The number of amides is 2. The average molecular weight is 633 g/mol. The van der Waals surface area contributed by atoms with Crippen molar-refractivity contribution in [2.75, 3.05) is 17.1 Å². The zero-order chi connectivity index (χ0) is 30.9. The van der Waals surface area contributed by atoms with Crippen molar-refractivity contribution in [2.45, 2.75) is 65.1 Å². The van der Waals surface area contributed by atoms with Crippen LogP contribution in [0.15, 0.2) is 72.8 Å². The van der Waals surface area contributed by atoms with Crippen LogP contribution < -0.4 is 9.62 Å². The smallest absolute Gasteiger partial charge is 0.243 e. The average Bonchev–Trinajstić information content (AvgIpc) is 2.94. The molecule has 2 amide bonds. The second-order valence-electron chi connectivity index (χ2n) is 10.5. The molecular formula is C32H39Cl2N3O4S. The third kappa shape index (κ3) is 9.48. The molecule has 1 atom stereocenters. The number of anilines is 1. The lowest BCUT2D eigenvalue weighted by molar-refractivity contribution is -0.141. The van der Waals surface area contributed by atoms with Crippen LogP contribution in [-0.4, -0.2) is 50.0 Å². The quantitative estimate of drug-likeness (QED) is 0.227. The fraction of sp³-hybridized carbons (Fsp3) is 0.375. The highest BCUT2D eigenvalue weighted by Gasteiger charge is 2.31. The van der Waals surface area contributed by atoms with Crippen molar-refractivity contribution in [2.24, 2.45) is 0 Å². The number of hydrogen-bond donors (Lipinski definition) is 1. The first-order valence-corrected chi connectivity index (χ1v) is 16.6. The van der Waals surface area contributed by atoms with E-state index < -0.39 is 16.1 Å². The predicted molar refractivity (Wildman–Crippen MR) is 171 cm³/mol. The minimum absolute atomic E-state index is 0.0153. The fourth-order valence-corrected chi connectivity index (χ4v) is 6.17. The number of carbonyl (C=O) groups excluding carboxylic acids is 2. The molecule has 3 rings (SSSR count). The zero-order valence-corrected chi connectivity index (χ0v) is 26.8. The van der Waals surface area contributed by atoms with E-state index in [1.165, 1.54) is 9.21 Å². The Bertz CT molecular complexity index is 1430. The molecule has 0 saturated carbocycles. The maximum atomic E-state index is 13.9. The van der Waals surface area contributed by atoms with Crippen molar-refractivity contribution >= 4 is 50.7 Å². The number of benzene rings is 3. The van der Waals surface area contributed by atoms with Crippen LogP contribution in [0, 0.1) is 0 Å². The van der Waals surface area contributed by atoms with Gasteiger partial charge in [0.15, 0.2) is 0 Å². The highest BCUT2D eigenvalue weighted by Crippen LogP contribution is 2.28. The minimum atomic E-state index is -3.59. The summed E-state index contributed by atoms with van der Waals surface area (Å²) in [5.41, 5.74) is 3.07. The first-order valence-electron chi connectivity index (χ1n) is 14.0. The van der Waals surface area contributed by atoms with Crippen molar-refractivity contribution in [3.63, 3.8) is 0 Å². The molecule has 0 aliphatic heterocycles. The summed E-state index contributed by atoms with van der Waals surface area (Å²) >= 11 is 13.0. The molecule has 42 heavy (non-hydrogen) atoms. The van der Waals surface area contributed by atoms with Gasteiger partial charge in [-0.3, -0.25) is 13.9 Å². The summed E-state index contributed by atoms with van der Waals surface area (Å²) in [6.45, 7) is 5.89. The summed E-state index contributed by atoms with van der Waals surface area (Å²) in [5, 5.41) is 3.73. The van der Waals surface area contributed by atoms with Crippen molar-refractivity contribution in [1.82, 2.24) is 10.2 Å². The van der Waals surface area contributed by atoms with Gasteiger partial charge in [-0.25, -0.2) is 8.42 Å². The van der Waals surface area contributed by atoms with Crippen LogP contribution >= 0.6 is 23.2 Å². The number of carbonyl (C=O) groups is 2. The zero-order valence-electron chi connectivity index (χ0n) is 24.5. The molecule has 7 nitrogen and oxygen atoms in total. The lowest BCUT2D eigenvalue weighted by atomic mass is 10.0. The Morgan fingerprint density at radius 1 is 0.881 bits per heavy atom. The molecule has 10 heteroatoms. The van der Waals surface area contributed by atoms with E-state index in [9.17, 15) is 18.0 Å². The number of sulfonamides is 1. The van der Waals surface area contributed by atoms with Gasteiger partial charge in [0, 0.05) is 47.6 Å². The summed E-state index contributed by atoms with van der Waals surface area (Å²) in [6, 6.07) is 21.0. The van der Waals surface area contributed by atoms with Crippen molar-refractivity contribution in [3.8, 4) is 0 Å². The molecule has 226 valence electrons. The van der Waals surface area contributed by atoms with Gasteiger partial charge in [0.2, 0.25) is 21.8 Å². The van der Waals surface area contributed by atoms with Crippen LogP contribution in [0.3, 0.4) is 0 Å². The summed E-state index contributed by atoms with van der Waals surface area (Å²) in [6.07, 6.45) is 2.54. The number of nitrogens with zero attached hydrogens (tertiary/aromatic N) is 2. The van der Waals surface area contributed by atoms with Crippen molar-refractivity contribution in [1.29, 1.82) is 0 Å². The van der Waals surface area contributed by atoms with E-state index in [1.54, 1.807) is 30.3 Å². The van der Waals surface area contributed by atoms with Crippen LogP contribution in [0.2, 0.25) is 10.0 Å². The van der Waals surface area contributed by atoms with Crippen LogP contribution in [0.25, 0.3) is 0 Å². The van der Waals surface area contributed by atoms with E-state index in [0.717, 1.165) is 23.8 Å². The maximum Gasteiger partial charge on any atom is 0.243 e. The molecule has 0 saturated heterocycles. The van der Waals surface area contributed by atoms with Gasteiger partial charge >= 0.3 is 0 Å². The largest absolute Gasteiger partial charge is 0.352 e. The Morgan fingerprint density at radius 2 is 1.50 bits per heavy atom. The molecule has 0 unspecified atom stereocenters. The summed E-state index contributed by atoms with van der Waals surface area (Å²) < 4.78 is 26.6. The molecule has 0 fully saturated rings.